The van der Waals surface area contributed by atoms with E-state index in [4.69, 9.17) is 10.5 Å². The van der Waals surface area contributed by atoms with Crippen molar-refractivity contribution in [3.8, 4) is 5.75 Å². The molecule has 2 rings (SSSR count). The van der Waals surface area contributed by atoms with Crippen molar-refractivity contribution in [3.63, 3.8) is 0 Å². The van der Waals surface area contributed by atoms with Crippen LogP contribution in [0.1, 0.15) is 11.1 Å². The summed E-state index contributed by atoms with van der Waals surface area (Å²) < 4.78 is 5.38. The van der Waals surface area contributed by atoms with Gasteiger partial charge in [0, 0.05) is 19.2 Å². The van der Waals surface area contributed by atoms with Crippen molar-refractivity contribution in [2.45, 2.75) is 13.5 Å². The lowest BCUT2D eigenvalue weighted by Gasteiger charge is -2.23. The summed E-state index contributed by atoms with van der Waals surface area (Å²) >= 11 is 0. The van der Waals surface area contributed by atoms with E-state index < -0.39 is 0 Å². The lowest BCUT2D eigenvalue weighted by atomic mass is 10.1. The Kier molecular flexibility index (Phi) is 3.95. The van der Waals surface area contributed by atoms with E-state index in [-0.39, 0.29) is 0 Å². The second kappa shape index (κ2) is 5.65. The van der Waals surface area contributed by atoms with Gasteiger partial charge >= 0.3 is 0 Å². The molecule has 0 unspecified atom stereocenters. The molecule has 19 heavy (non-hydrogen) atoms. The Balaban J connectivity index is 2.26. The molecular formula is C16H20N2O. The number of para-hydroxylation sites is 2. The van der Waals surface area contributed by atoms with Crippen LogP contribution in [0.2, 0.25) is 0 Å². The van der Waals surface area contributed by atoms with Crippen LogP contribution < -0.4 is 15.4 Å². The summed E-state index contributed by atoms with van der Waals surface area (Å²) in [4.78, 5) is 2.14. The van der Waals surface area contributed by atoms with E-state index in [0.29, 0.717) is 0 Å². The average Bonchev–Trinajstić information content (AvgIpc) is 2.42. The third-order valence-electron chi connectivity index (χ3n) is 3.31. The standard InChI is InChI=1S/C16H20N2O/c1-12-7-6-9-14(16(12)17)18(2)11-13-8-4-5-10-15(13)19-3/h4-10H,11,17H2,1-3H3. The number of nitrogens with two attached hydrogens (primary N) is 1. The first-order valence-electron chi connectivity index (χ1n) is 6.31. The highest BCUT2D eigenvalue weighted by atomic mass is 16.5. The molecule has 0 aliphatic rings. The molecule has 0 heterocycles. The van der Waals surface area contributed by atoms with Crippen LogP contribution in [0, 0.1) is 6.92 Å². The normalized spacial score (nSPS) is 10.3. The Morgan fingerprint density at radius 2 is 1.84 bits per heavy atom. The summed E-state index contributed by atoms with van der Waals surface area (Å²) in [6.45, 7) is 2.79. The summed E-state index contributed by atoms with van der Waals surface area (Å²) in [5.74, 6) is 0.903. The second-order valence-electron chi connectivity index (χ2n) is 4.68. The number of anilines is 2. The largest absolute Gasteiger partial charge is 0.496 e. The first-order chi connectivity index (χ1) is 9.13. The number of methoxy groups -OCH3 is 1. The molecule has 0 aliphatic carbocycles. The van der Waals surface area contributed by atoms with Crippen LogP contribution in [0.25, 0.3) is 0 Å². The van der Waals surface area contributed by atoms with E-state index in [1.165, 1.54) is 0 Å². The van der Waals surface area contributed by atoms with E-state index >= 15 is 0 Å². The summed E-state index contributed by atoms with van der Waals surface area (Å²) in [7, 11) is 3.73. The number of nitrogens with zero attached hydrogens (tertiary/aromatic N) is 1. The van der Waals surface area contributed by atoms with Gasteiger partial charge in [0.1, 0.15) is 5.75 Å². The van der Waals surface area contributed by atoms with Gasteiger partial charge in [-0.2, -0.15) is 0 Å². The maximum Gasteiger partial charge on any atom is 0.123 e. The van der Waals surface area contributed by atoms with Gasteiger partial charge < -0.3 is 15.4 Å². The Hall–Kier alpha value is -2.16. The molecule has 0 amide bonds. The quantitative estimate of drug-likeness (QED) is 0.854. The van der Waals surface area contributed by atoms with Gasteiger partial charge in [0.05, 0.1) is 18.5 Å². The first kappa shape index (κ1) is 13.3. The molecule has 3 nitrogen and oxygen atoms in total. The maximum absolute atomic E-state index is 6.13. The molecule has 0 radical (unpaired) electrons. The predicted molar refractivity (Wildman–Crippen MR) is 80.7 cm³/mol. The predicted octanol–water partition coefficient (Wildman–Crippen LogP) is 3.22. The van der Waals surface area contributed by atoms with E-state index in [1.807, 2.05) is 50.4 Å². The minimum absolute atomic E-state index is 0.762. The highest BCUT2D eigenvalue weighted by Gasteiger charge is 2.09. The molecule has 3 heteroatoms. The second-order valence-corrected chi connectivity index (χ2v) is 4.68. The Labute approximate surface area is 114 Å². The van der Waals surface area contributed by atoms with Crippen LogP contribution in [0.5, 0.6) is 5.75 Å². The van der Waals surface area contributed by atoms with Crippen molar-refractivity contribution < 1.29 is 4.74 Å². The fourth-order valence-electron chi connectivity index (χ4n) is 2.17. The number of benzene rings is 2. The van der Waals surface area contributed by atoms with Crippen LogP contribution in [0.4, 0.5) is 11.4 Å². The van der Waals surface area contributed by atoms with Crippen molar-refractivity contribution in [1.29, 1.82) is 0 Å². The van der Waals surface area contributed by atoms with Crippen molar-refractivity contribution in [3.05, 3.63) is 53.6 Å². The van der Waals surface area contributed by atoms with Gasteiger partial charge in [-0.15, -0.1) is 0 Å². The highest BCUT2D eigenvalue weighted by Crippen LogP contribution is 2.28. The third kappa shape index (κ3) is 2.81. The third-order valence-corrected chi connectivity index (χ3v) is 3.31. The molecule has 2 aromatic carbocycles. The Morgan fingerprint density at radius 1 is 1.11 bits per heavy atom. The molecule has 0 aromatic heterocycles. The summed E-state index contributed by atoms with van der Waals surface area (Å²) in [6, 6.07) is 14.1. The molecule has 0 fully saturated rings. The smallest absolute Gasteiger partial charge is 0.123 e. The van der Waals surface area contributed by atoms with Gasteiger partial charge in [-0.3, -0.25) is 0 Å². The molecule has 0 saturated carbocycles. The lowest BCUT2D eigenvalue weighted by Crippen LogP contribution is -2.18. The number of rotatable bonds is 4. The van der Waals surface area contributed by atoms with Crippen LogP contribution in [-0.4, -0.2) is 14.2 Å². The topological polar surface area (TPSA) is 38.5 Å². The number of hydrogen-bond donors (Lipinski definition) is 1. The van der Waals surface area contributed by atoms with Crippen molar-refractivity contribution in [2.24, 2.45) is 0 Å². The fraction of sp³-hybridized carbons (Fsp3) is 0.250. The van der Waals surface area contributed by atoms with Gasteiger partial charge in [0.15, 0.2) is 0 Å². The Bertz CT molecular complexity index is 566. The molecule has 2 aromatic rings. The van der Waals surface area contributed by atoms with Crippen molar-refractivity contribution in [2.75, 3.05) is 24.8 Å². The fourth-order valence-corrected chi connectivity index (χ4v) is 2.17. The SMILES string of the molecule is COc1ccccc1CN(C)c1cccc(C)c1N. The van der Waals surface area contributed by atoms with Gasteiger partial charge in [-0.25, -0.2) is 0 Å². The van der Waals surface area contributed by atoms with Crippen molar-refractivity contribution >= 4 is 11.4 Å². The zero-order chi connectivity index (χ0) is 13.8. The monoisotopic (exact) mass is 256 g/mol. The minimum atomic E-state index is 0.762. The molecule has 2 N–H and O–H groups in total. The number of nitrogen functional groups attached to an aromatic ring is 1. The van der Waals surface area contributed by atoms with Crippen LogP contribution >= 0.6 is 0 Å². The first-order valence-corrected chi connectivity index (χ1v) is 6.31. The van der Waals surface area contributed by atoms with Gasteiger partial charge in [-0.05, 0) is 24.6 Å². The number of ether oxygens (including phenoxy) is 1. The van der Waals surface area contributed by atoms with E-state index in [2.05, 4.69) is 11.0 Å². The summed E-state index contributed by atoms with van der Waals surface area (Å²) in [5.41, 5.74) is 10.3. The maximum atomic E-state index is 6.13. The van der Waals surface area contributed by atoms with Gasteiger partial charge in [0.2, 0.25) is 0 Å². The average molecular weight is 256 g/mol. The highest BCUT2D eigenvalue weighted by molar-refractivity contribution is 5.70. The number of aryl methyl sites for hydroxylation is 1. The minimum Gasteiger partial charge on any atom is -0.496 e. The van der Waals surface area contributed by atoms with Crippen LogP contribution in [-0.2, 0) is 6.54 Å². The van der Waals surface area contributed by atoms with Gasteiger partial charge in [0.25, 0.3) is 0 Å². The summed E-state index contributed by atoms with van der Waals surface area (Å²) in [6.07, 6.45) is 0. The van der Waals surface area contributed by atoms with Crippen LogP contribution in [0.3, 0.4) is 0 Å². The van der Waals surface area contributed by atoms with Gasteiger partial charge in [-0.1, -0.05) is 30.3 Å². The van der Waals surface area contributed by atoms with Crippen molar-refractivity contribution in [1.82, 2.24) is 0 Å². The zero-order valence-electron chi connectivity index (χ0n) is 11.7. The number of hydrogen-bond acceptors (Lipinski definition) is 3. The molecule has 0 atom stereocenters. The lowest BCUT2D eigenvalue weighted by molar-refractivity contribution is 0.409. The van der Waals surface area contributed by atoms with E-state index in [0.717, 1.165) is 34.8 Å². The molecule has 100 valence electrons. The molecule has 0 saturated heterocycles. The Morgan fingerprint density at radius 3 is 2.58 bits per heavy atom. The molecular weight excluding hydrogens is 236 g/mol. The molecule has 0 bridgehead atoms. The summed E-state index contributed by atoms with van der Waals surface area (Å²) in [5, 5.41) is 0. The van der Waals surface area contributed by atoms with Crippen LogP contribution in [0.15, 0.2) is 42.5 Å². The van der Waals surface area contributed by atoms with E-state index in [9.17, 15) is 0 Å². The molecule has 0 spiro atoms. The van der Waals surface area contributed by atoms with E-state index in [1.54, 1.807) is 7.11 Å². The zero-order valence-corrected chi connectivity index (χ0v) is 11.7. The molecule has 0 aliphatic heterocycles.